The fourth-order valence-electron chi connectivity index (χ4n) is 8.60. The number of unbranched alkanes of at least 4 members (excludes halogenated alkanes) is 42. The van der Waals surface area contributed by atoms with E-state index in [0.717, 1.165) is 25.7 Å². The highest BCUT2D eigenvalue weighted by atomic mass is 16.3. The molecule has 0 saturated heterocycles. The molecule has 0 radical (unpaired) electrons. The van der Waals surface area contributed by atoms with Crippen molar-refractivity contribution in [1.82, 2.24) is 5.32 Å². The lowest BCUT2D eigenvalue weighted by Gasteiger charge is -2.22. The maximum atomic E-state index is 12.4. The van der Waals surface area contributed by atoms with Crippen molar-refractivity contribution >= 4 is 5.91 Å². The quantitative estimate of drug-likeness (QED) is 0.0538. The molecule has 56 heavy (non-hydrogen) atoms. The molecule has 2 atom stereocenters. The lowest BCUT2D eigenvalue weighted by molar-refractivity contribution is -0.123. The van der Waals surface area contributed by atoms with Crippen LogP contribution in [0.5, 0.6) is 0 Å². The number of aliphatic hydroxyl groups excluding tert-OH is 2. The summed E-state index contributed by atoms with van der Waals surface area (Å²) in [5.41, 5.74) is 0. The molecule has 0 aliphatic heterocycles. The fourth-order valence-corrected chi connectivity index (χ4v) is 8.60. The van der Waals surface area contributed by atoms with Crippen LogP contribution in [0.3, 0.4) is 0 Å². The van der Waals surface area contributed by atoms with Gasteiger partial charge in [0, 0.05) is 6.42 Å². The van der Waals surface area contributed by atoms with Gasteiger partial charge in [-0.3, -0.25) is 4.79 Å². The van der Waals surface area contributed by atoms with Crippen LogP contribution >= 0.6 is 0 Å². The van der Waals surface area contributed by atoms with E-state index in [9.17, 15) is 15.0 Å². The molecule has 0 aromatic heterocycles. The van der Waals surface area contributed by atoms with E-state index in [1.165, 1.54) is 257 Å². The van der Waals surface area contributed by atoms with E-state index in [2.05, 4.69) is 19.2 Å². The predicted octanol–water partition coefficient (Wildman–Crippen LogP) is 16.8. The van der Waals surface area contributed by atoms with Crippen molar-refractivity contribution in [2.75, 3.05) is 6.61 Å². The van der Waals surface area contributed by atoms with E-state index in [-0.39, 0.29) is 12.5 Å². The Hall–Kier alpha value is -0.610. The van der Waals surface area contributed by atoms with Gasteiger partial charge in [0.25, 0.3) is 0 Å². The molecule has 3 N–H and O–H groups in total. The molecule has 2 unspecified atom stereocenters. The summed E-state index contributed by atoms with van der Waals surface area (Å²) in [6.45, 7) is 4.36. The van der Waals surface area contributed by atoms with Crippen molar-refractivity contribution in [3.8, 4) is 0 Å². The second-order valence-corrected chi connectivity index (χ2v) is 18.3. The molecule has 336 valence electrons. The summed E-state index contributed by atoms with van der Waals surface area (Å²) in [5.74, 6) is -0.0276. The van der Waals surface area contributed by atoms with Gasteiger partial charge in [-0.2, -0.15) is 0 Å². The number of hydrogen-bond donors (Lipinski definition) is 3. The summed E-state index contributed by atoms with van der Waals surface area (Å²) in [7, 11) is 0. The van der Waals surface area contributed by atoms with Gasteiger partial charge in [-0.1, -0.05) is 290 Å². The number of nitrogens with one attached hydrogen (secondary N) is 1. The molecule has 0 aromatic rings. The highest BCUT2D eigenvalue weighted by Crippen LogP contribution is 2.18. The number of rotatable bonds is 49. The molecular weight excluding hydrogens is 687 g/mol. The standard InChI is InChI=1S/C52H105NO3/c1-3-5-7-9-11-13-14-15-16-17-18-19-20-21-22-23-24-25-26-27-28-29-30-31-32-33-34-35-36-37-38-39-40-42-44-46-48-52(56)53-50(49-54)51(55)47-45-43-41-12-10-8-6-4-2/h50-51,54-55H,3-49H2,1-2H3,(H,53,56). The van der Waals surface area contributed by atoms with Crippen LogP contribution in [-0.2, 0) is 4.79 Å². The van der Waals surface area contributed by atoms with Gasteiger partial charge in [-0.05, 0) is 12.8 Å². The van der Waals surface area contributed by atoms with Crippen molar-refractivity contribution in [2.45, 2.75) is 321 Å². The van der Waals surface area contributed by atoms with Crippen LogP contribution in [-0.4, -0.2) is 34.9 Å². The molecule has 0 aliphatic carbocycles. The van der Waals surface area contributed by atoms with Crippen LogP contribution in [0.15, 0.2) is 0 Å². The van der Waals surface area contributed by atoms with Crippen LogP contribution in [0.25, 0.3) is 0 Å². The largest absolute Gasteiger partial charge is 0.394 e. The average molecular weight is 792 g/mol. The Morgan fingerprint density at radius 2 is 0.571 bits per heavy atom. The SMILES string of the molecule is CCCCCCCCCCCCCCCCCCCCCCCCCCCCCCCCCCCCCCC(=O)NC(CO)C(O)CCCCCCCCCC. The van der Waals surface area contributed by atoms with Crippen molar-refractivity contribution in [1.29, 1.82) is 0 Å². The summed E-state index contributed by atoms with van der Waals surface area (Å²) < 4.78 is 0. The third-order valence-corrected chi connectivity index (χ3v) is 12.6. The molecule has 0 aliphatic rings. The average Bonchev–Trinajstić information content (AvgIpc) is 3.20. The zero-order chi connectivity index (χ0) is 40.7. The molecular formula is C52H105NO3. The number of carbonyl (C=O) groups is 1. The Balaban J connectivity index is 3.28. The number of hydrogen-bond acceptors (Lipinski definition) is 3. The summed E-state index contributed by atoms with van der Waals surface area (Å²) in [6.07, 6.45) is 61.1. The highest BCUT2D eigenvalue weighted by molar-refractivity contribution is 5.76. The molecule has 0 fully saturated rings. The molecule has 4 heteroatoms. The first-order valence-corrected chi connectivity index (χ1v) is 26.2. The maximum absolute atomic E-state index is 12.4. The van der Waals surface area contributed by atoms with Gasteiger partial charge >= 0.3 is 0 Å². The van der Waals surface area contributed by atoms with Crippen LogP contribution in [0.4, 0.5) is 0 Å². The molecule has 4 nitrogen and oxygen atoms in total. The number of amides is 1. The third kappa shape index (κ3) is 44.5. The van der Waals surface area contributed by atoms with Crippen molar-refractivity contribution in [3.63, 3.8) is 0 Å². The van der Waals surface area contributed by atoms with E-state index < -0.39 is 12.1 Å². The Morgan fingerprint density at radius 1 is 0.357 bits per heavy atom. The van der Waals surface area contributed by atoms with Gasteiger partial charge < -0.3 is 15.5 Å². The fraction of sp³-hybridized carbons (Fsp3) is 0.981. The van der Waals surface area contributed by atoms with Gasteiger partial charge in [0.05, 0.1) is 18.8 Å². The first-order valence-electron chi connectivity index (χ1n) is 26.2. The Labute approximate surface area is 353 Å². The Morgan fingerprint density at radius 3 is 0.804 bits per heavy atom. The second-order valence-electron chi connectivity index (χ2n) is 18.3. The maximum Gasteiger partial charge on any atom is 0.220 e. The minimum Gasteiger partial charge on any atom is -0.394 e. The van der Waals surface area contributed by atoms with Crippen LogP contribution in [0.2, 0.25) is 0 Å². The molecule has 0 saturated carbocycles. The number of aliphatic hydroxyl groups is 2. The first kappa shape index (κ1) is 55.4. The molecule has 0 heterocycles. The zero-order valence-corrected chi connectivity index (χ0v) is 38.7. The third-order valence-electron chi connectivity index (χ3n) is 12.6. The molecule has 0 rings (SSSR count). The summed E-state index contributed by atoms with van der Waals surface area (Å²) in [4.78, 5) is 12.4. The van der Waals surface area contributed by atoms with Gasteiger partial charge in [-0.25, -0.2) is 0 Å². The van der Waals surface area contributed by atoms with E-state index in [1.807, 2.05) is 0 Å². The van der Waals surface area contributed by atoms with Crippen LogP contribution in [0, 0.1) is 0 Å². The lowest BCUT2D eigenvalue weighted by Crippen LogP contribution is -2.45. The molecule has 0 spiro atoms. The van der Waals surface area contributed by atoms with Gasteiger partial charge in [0.1, 0.15) is 0 Å². The van der Waals surface area contributed by atoms with Gasteiger partial charge in [0.15, 0.2) is 0 Å². The van der Waals surface area contributed by atoms with E-state index >= 15 is 0 Å². The minimum absolute atomic E-state index is 0.0276. The summed E-state index contributed by atoms with van der Waals surface area (Å²) in [6, 6.07) is -0.528. The smallest absolute Gasteiger partial charge is 0.220 e. The molecule has 0 bridgehead atoms. The predicted molar refractivity (Wildman–Crippen MR) is 249 cm³/mol. The highest BCUT2D eigenvalue weighted by Gasteiger charge is 2.20. The Bertz CT molecular complexity index is 729. The Kier molecular flexibility index (Phi) is 48.2. The van der Waals surface area contributed by atoms with Crippen LogP contribution in [0.1, 0.15) is 309 Å². The van der Waals surface area contributed by atoms with Crippen molar-refractivity contribution < 1.29 is 15.0 Å². The van der Waals surface area contributed by atoms with Gasteiger partial charge in [-0.15, -0.1) is 0 Å². The van der Waals surface area contributed by atoms with E-state index in [4.69, 9.17) is 0 Å². The lowest BCUT2D eigenvalue weighted by atomic mass is 10.0. The first-order chi connectivity index (χ1) is 27.7. The zero-order valence-electron chi connectivity index (χ0n) is 38.7. The number of carbonyl (C=O) groups excluding carboxylic acids is 1. The molecule has 0 aromatic carbocycles. The van der Waals surface area contributed by atoms with E-state index in [0.29, 0.717) is 12.8 Å². The van der Waals surface area contributed by atoms with Crippen LogP contribution < -0.4 is 5.32 Å². The topological polar surface area (TPSA) is 69.6 Å². The monoisotopic (exact) mass is 792 g/mol. The van der Waals surface area contributed by atoms with Crippen molar-refractivity contribution in [3.05, 3.63) is 0 Å². The molecule has 1 amide bonds. The minimum atomic E-state index is -0.651. The van der Waals surface area contributed by atoms with Crippen molar-refractivity contribution in [2.24, 2.45) is 0 Å². The van der Waals surface area contributed by atoms with E-state index in [1.54, 1.807) is 0 Å². The summed E-state index contributed by atoms with van der Waals surface area (Å²) in [5, 5.41) is 23.0. The second kappa shape index (κ2) is 48.8. The normalized spacial score (nSPS) is 12.7. The van der Waals surface area contributed by atoms with Gasteiger partial charge in [0.2, 0.25) is 5.91 Å². The summed E-state index contributed by atoms with van der Waals surface area (Å²) >= 11 is 0.